The lowest BCUT2D eigenvalue weighted by atomic mass is 10.1. The van der Waals surface area contributed by atoms with Gasteiger partial charge in [0.05, 0.1) is 6.54 Å². The van der Waals surface area contributed by atoms with Crippen LogP contribution in [0.2, 0.25) is 0 Å². The van der Waals surface area contributed by atoms with E-state index >= 15 is 0 Å². The Balaban J connectivity index is 1.82. The summed E-state index contributed by atoms with van der Waals surface area (Å²) in [5.74, 6) is 0.193. The van der Waals surface area contributed by atoms with Crippen molar-refractivity contribution in [2.45, 2.75) is 25.0 Å². The second-order valence-corrected chi connectivity index (χ2v) is 4.31. The largest absolute Gasteiger partial charge is 0.508 e. The van der Waals surface area contributed by atoms with Gasteiger partial charge in [0, 0.05) is 11.6 Å². The van der Waals surface area contributed by atoms with Gasteiger partial charge in [0.2, 0.25) is 0 Å². The zero-order valence-electron chi connectivity index (χ0n) is 8.80. The lowest BCUT2D eigenvalue weighted by Crippen LogP contribution is -2.26. The van der Waals surface area contributed by atoms with Crippen molar-refractivity contribution >= 4 is 6.09 Å². The molecule has 0 radical (unpaired) electrons. The highest BCUT2D eigenvalue weighted by atomic mass is 16.6. The summed E-state index contributed by atoms with van der Waals surface area (Å²) in [6.07, 6.45) is 1.57. The van der Waals surface area contributed by atoms with E-state index in [1.807, 2.05) is 6.07 Å². The van der Waals surface area contributed by atoms with Crippen LogP contribution in [0.3, 0.4) is 0 Å². The molecule has 4 nitrogen and oxygen atoms in total. The van der Waals surface area contributed by atoms with Crippen molar-refractivity contribution in [3.63, 3.8) is 0 Å². The van der Waals surface area contributed by atoms with E-state index in [0.717, 1.165) is 12.8 Å². The Morgan fingerprint density at radius 1 is 1.31 bits per heavy atom. The number of phenols is 1. The molecule has 1 heterocycles. The lowest BCUT2D eigenvalue weighted by molar-refractivity contribution is 0.131. The molecule has 0 bridgehead atoms. The first-order chi connectivity index (χ1) is 7.75. The summed E-state index contributed by atoms with van der Waals surface area (Å²) >= 11 is 0. The summed E-state index contributed by atoms with van der Waals surface area (Å²) in [6.45, 7) is 0.557. The van der Waals surface area contributed by atoms with Crippen LogP contribution in [0.4, 0.5) is 4.79 Å². The molecule has 84 valence electrons. The number of hydrogen-bond acceptors (Lipinski definition) is 3. The van der Waals surface area contributed by atoms with Crippen molar-refractivity contribution in [1.82, 2.24) is 4.90 Å². The van der Waals surface area contributed by atoms with Gasteiger partial charge in [-0.2, -0.15) is 0 Å². The predicted octanol–water partition coefficient (Wildman–Crippen LogP) is 2.05. The fourth-order valence-corrected chi connectivity index (χ4v) is 2.09. The van der Waals surface area contributed by atoms with Crippen molar-refractivity contribution in [2.75, 3.05) is 6.54 Å². The van der Waals surface area contributed by atoms with Crippen LogP contribution in [0, 0.1) is 0 Å². The van der Waals surface area contributed by atoms with E-state index in [0.29, 0.717) is 18.2 Å². The average molecular weight is 219 g/mol. The van der Waals surface area contributed by atoms with E-state index in [9.17, 15) is 9.90 Å². The van der Waals surface area contributed by atoms with Crippen molar-refractivity contribution in [1.29, 1.82) is 0 Å². The maximum absolute atomic E-state index is 11.6. The van der Waals surface area contributed by atoms with E-state index in [4.69, 9.17) is 4.74 Å². The number of rotatable bonds is 2. The topological polar surface area (TPSA) is 49.8 Å². The van der Waals surface area contributed by atoms with Gasteiger partial charge in [-0.1, -0.05) is 18.2 Å². The summed E-state index contributed by atoms with van der Waals surface area (Å²) in [5, 5.41) is 9.69. The summed E-state index contributed by atoms with van der Waals surface area (Å²) in [7, 11) is 0. The molecule has 1 aromatic rings. The van der Waals surface area contributed by atoms with Gasteiger partial charge >= 0.3 is 6.09 Å². The van der Waals surface area contributed by atoms with Gasteiger partial charge in [-0.15, -0.1) is 0 Å². The minimum absolute atomic E-state index is 0.193. The lowest BCUT2D eigenvalue weighted by Gasteiger charge is -2.11. The molecule has 0 aromatic heterocycles. The molecule has 1 aliphatic heterocycles. The van der Waals surface area contributed by atoms with Gasteiger partial charge in [-0.25, -0.2) is 4.79 Å². The zero-order valence-corrected chi connectivity index (χ0v) is 8.80. The molecule has 1 saturated heterocycles. The van der Waals surface area contributed by atoms with Gasteiger partial charge in [-0.05, 0) is 18.9 Å². The van der Waals surface area contributed by atoms with E-state index in [-0.39, 0.29) is 17.9 Å². The molecule has 3 rings (SSSR count). The third-order valence-corrected chi connectivity index (χ3v) is 3.11. The summed E-state index contributed by atoms with van der Waals surface area (Å²) in [6, 6.07) is 7.37. The zero-order chi connectivity index (χ0) is 11.1. The Bertz CT molecular complexity index is 428. The van der Waals surface area contributed by atoms with Crippen LogP contribution in [0.1, 0.15) is 24.5 Å². The summed E-state index contributed by atoms with van der Waals surface area (Å²) in [4.78, 5) is 13.3. The van der Waals surface area contributed by atoms with Crippen molar-refractivity contribution in [2.24, 2.45) is 0 Å². The SMILES string of the molecule is O=C1OC(c2ccccc2O)CN1C1CC1. The maximum Gasteiger partial charge on any atom is 0.410 e. The molecule has 1 aromatic carbocycles. The Morgan fingerprint density at radius 2 is 2.06 bits per heavy atom. The van der Waals surface area contributed by atoms with E-state index in [1.54, 1.807) is 23.1 Å². The Hall–Kier alpha value is -1.71. The average Bonchev–Trinajstić information content (AvgIpc) is 3.03. The van der Waals surface area contributed by atoms with Crippen LogP contribution in [-0.2, 0) is 4.74 Å². The number of carbonyl (C=O) groups excluding carboxylic acids is 1. The molecule has 4 heteroatoms. The highest BCUT2D eigenvalue weighted by Gasteiger charge is 2.41. The maximum atomic E-state index is 11.6. The number of cyclic esters (lactones) is 1. The third-order valence-electron chi connectivity index (χ3n) is 3.11. The van der Waals surface area contributed by atoms with Crippen LogP contribution in [-0.4, -0.2) is 28.7 Å². The van der Waals surface area contributed by atoms with Gasteiger partial charge in [-0.3, -0.25) is 0 Å². The summed E-state index contributed by atoms with van der Waals surface area (Å²) < 4.78 is 5.27. The molecule has 1 aliphatic carbocycles. The Kier molecular flexibility index (Phi) is 2.02. The molecule has 0 spiro atoms. The summed E-state index contributed by atoms with van der Waals surface area (Å²) in [5.41, 5.74) is 0.694. The number of hydrogen-bond donors (Lipinski definition) is 1. The molecule has 2 fully saturated rings. The quantitative estimate of drug-likeness (QED) is 0.828. The van der Waals surface area contributed by atoms with Crippen molar-refractivity contribution in [3.05, 3.63) is 29.8 Å². The predicted molar refractivity (Wildman–Crippen MR) is 57.1 cm³/mol. The second kappa shape index (κ2) is 3.40. The first kappa shape index (κ1) is 9.51. The van der Waals surface area contributed by atoms with Crippen LogP contribution in [0.25, 0.3) is 0 Å². The fraction of sp³-hybridized carbons (Fsp3) is 0.417. The molecule has 16 heavy (non-hydrogen) atoms. The van der Waals surface area contributed by atoms with Gasteiger partial charge < -0.3 is 14.7 Å². The van der Waals surface area contributed by atoms with E-state index < -0.39 is 0 Å². The third kappa shape index (κ3) is 1.50. The molecule has 2 aliphatic rings. The van der Waals surface area contributed by atoms with Gasteiger partial charge in [0.15, 0.2) is 0 Å². The first-order valence-corrected chi connectivity index (χ1v) is 5.51. The molecule has 1 atom stereocenters. The second-order valence-electron chi connectivity index (χ2n) is 4.31. The standard InChI is InChI=1S/C12H13NO3/c14-10-4-2-1-3-9(10)11-7-13(8-5-6-8)12(15)16-11/h1-4,8,11,14H,5-7H2. The molecular weight excluding hydrogens is 206 g/mol. The Labute approximate surface area is 93.4 Å². The minimum Gasteiger partial charge on any atom is -0.508 e. The highest BCUT2D eigenvalue weighted by Crippen LogP contribution is 2.37. The number of aromatic hydroxyl groups is 1. The number of amides is 1. The fourth-order valence-electron chi connectivity index (χ4n) is 2.09. The smallest absolute Gasteiger partial charge is 0.410 e. The van der Waals surface area contributed by atoms with Crippen LogP contribution in [0.5, 0.6) is 5.75 Å². The highest BCUT2D eigenvalue weighted by molar-refractivity contribution is 5.71. The number of ether oxygens (including phenoxy) is 1. The van der Waals surface area contributed by atoms with Crippen LogP contribution in [0.15, 0.2) is 24.3 Å². The molecule has 1 unspecified atom stereocenters. The van der Waals surface area contributed by atoms with Crippen molar-refractivity contribution in [3.8, 4) is 5.75 Å². The molecular formula is C12H13NO3. The molecule has 1 saturated carbocycles. The molecule has 1 N–H and O–H groups in total. The van der Waals surface area contributed by atoms with Crippen molar-refractivity contribution < 1.29 is 14.6 Å². The van der Waals surface area contributed by atoms with E-state index in [2.05, 4.69) is 0 Å². The number of benzene rings is 1. The first-order valence-electron chi connectivity index (χ1n) is 5.51. The van der Waals surface area contributed by atoms with Crippen LogP contribution < -0.4 is 0 Å². The van der Waals surface area contributed by atoms with Gasteiger partial charge in [0.25, 0.3) is 0 Å². The monoisotopic (exact) mass is 219 g/mol. The number of carbonyl (C=O) groups is 1. The van der Waals surface area contributed by atoms with Crippen LogP contribution >= 0.6 is 0 Å². The normalized spacial score (nSPS) is 24.6. The van der Waals surface area contributed by atoms with Gasteiger partial charge in [0.1, 0.15) is 11.9 Å². The number of para-hydroxylation sites is 1. The van der Waals surface area contributed by atoms with E-state index in [1.165, 1.54) is 0 Å². The minimum atomic E-state index is -0.325. The number of phenolic OH excluding ortho intramolecular Hbond substituents is 1. The molecule has 1 amide bonds. The Morgan fingerprint density at radius 3 is 2.75 bits per heavy atom. The number of nitrogens with zero attached hydrogens (tertiary/aromatic N) is 1.